The number of anilines is 1. The van der Waals surface area contributed by atoms with Crippen LogP contribution in [0.1, 0.15) is 63.2 Å². The first kappa shape index (κ1) is 57.1. The van der Waals surface area contributed by atoms with Crippen LogP contribution >= 0.6 is 22.7 Å². The summed E-state index contributed by atoms with van der Waals surface area (Å²) < 4.78 is 30.3. The van der Waals surface area contributed by atoms with E-state index in [9.17, 15) is 23.2 Å². The Labute approximate surface area is 390 Å². The molecule has 0 fully saturated rings. The standard InChI is InChI=1S/C13H7FO2S.C8H17N3.C8H19N.C7H5FO2.C7H10N2.C6H6O2S/c14-9-4-3-8-6-10(12-2-1-5-17-12)13(15)16-11(8)7-9;1-4-9-8-10-6-5-7-11(2)3;1-6-9(7(2)3)8(4)5;8-6-2-1-5(4-9)7(10)3-6;1-9(2)7-3-5-8-6-4-7;7-6(8)4-5-2-1-3-9-5/h1-7H;4-7H2,1-3H3;7-8H,6H2,1-5H3;1-4,10H;3-6H,1-2H3;1-3H,4H2,(H,7,8). The number of phenolic OH excluding ortho intramolecular Hbond substituents is 1. The zero-order valence-corrected chi connectivity index (χ0v) is 40.7. The number of pyridine rings is 1. The zero-order valence-electron chi connectivity index (χ0n) is 39.1. The molecule has 4 heterocycles. The number of hydrogen-bond donors (Lipinski definition) is 2. The number of carboxylic acid groups (broad SMARTS) is 1. The van der Waals surface area contributed by atoms with Crippen molar-refractivity contribution >= 4 is 57.6 Å². The number of nitrogens with zero attached hydrogens (tertiary/aromatic N) is 6. The van der Waals surface area contributed by atoms with Gasteiger partial charge in [-0.1, -0.05) is 19.1 Å². The van der Waals surface area contributed by atoms with E-state index in [1.165, 1.54) is 46.6 Å². The molecular formula is C49H64F2N6O6S2. The largest absolute Gasteiger partial charge is 0.507 e. The molecule has 0 aliphatic rings. The fourth-order valence-corrected chi connectivity index (χ4v) is 6.90. The Hall–Kier alpha value is -5.90. The second-order valence-corrected chi connectivity index (χ2v) is 16.8. The number of fused-ring (bicyclic) bond motifs is 1. The highest BCUT2D eigenvalue weighted by Gasteiger charge is 2.10. The third kappa shape index (κ3) is 24.7. The van der Waals surface area contributed by atoms with E-state index in [-0.39, 0.29) is 23.3 Å². The van der Waals surface area contributed by atoms with E-state index in [1.807, 2.05) is 73.1 Å². The lowest BCUT2D eigenvalue weighted by atomic mass is 10.1. The normalized spacial score (nSPS) is 10.1. The van der Waals surface area contributed by atoms with E-state index in [0.717, 1.165) is 59.9 Å². The van der Waals surface area contributed by atoms with Gasteiger partial charge >= 0.3 is 11.6 Å². The van der Waals surface area contributed by atoms with Gasteiger partial charge in [0.15, 0.2) is 6.29 Å². The number of carbonyl (C=O) groups excluding carboxylic acids is 1. The van der Waals surface area contributed by atoms with Crippen molar-refractivity contribution in [1.29, 1.82) is 0 Å². The van der Waals surface area contributed by atoms with Crippen LogP contribution in [0, 0.1) is 11.6 Å². The maximum Gasteiger partial charge on any atom is 0.345 e. The molecule has 2 N–H and O–H groups in total. The molecule has 352 valence electrons. The van der Waals surface area contributed by atoms with Gasteiger partial charge in [0.25, 0.3) is 0 Å². The summed E-state index contributed by atoms with van der Waals surface area (Å²) in [6.07, 6.45) is 5.27. The number of halogens is 2. The van der Waals surface area contributed by atoms with E-state index in [1.54, 1.807) is 24.5 Å². The topological polar surface area (TPSA) is 152 Å². The Morgan fingerprint density at radius 2 is 1.51 bits per heavy atom. The highest BCUT2D eigenvalue weighted by molar-refractivity contribution is 7.13. The van der Waals surface area contributed by atoms with Crippen molar-refractivity contribution in [3.8, 4) is 16.2 Å². The van der Waals surface area contributed by atoms with Crippen LogP contribution in [0.4, 0.5) is 14.5 Å². The molecule has 0 saturated heterocycles. The van der Waals surface area contributed by atoms with Crippen molar-refractivity contribution in [3.05, 3.63) is 135 Å². The van der Waals surface area contributed by atoms with Crippen LogP contribution in [0.2, 0.25) is 0 Å². The van der Waals surface area contributed by atoms with Crippen LogP contribution in [0.25, 0.3) is 21.4 Å². The Bertz CT molecular complexity index is 2330. The summed E-state index contributed by atoms with van der Waals surface area (Å²) in [5.74, 6) is -2.06. The summed E-state index contributed by atoms with van der Waals surface area (Å²) >= 11 is 2.94. The van der Waals surface area contributed by atoms with Gasteiger partial charge in [-0.05, 0) is 134 Å². The average Bonchev–Trinajstić information content (AvgIpc) is 3.99. The van der Waals surface area contributed by atoms with Crippen molar-refractivity contribution in [2.45, 2.75) is 66.5 Å². The number of carbonyl (C=O) groups is 2. The van der Waals surface area contributed by atoms with Crippen LogP contribution in [0.5, 0.6) is 5.75 Å². The van der Waals surface area contributed by atoms with Crippen molar-refractivity contribution in [1.82, 2.24) is 14.8 Å². The number of thiophene rings is 2. The molecule has 0 aliphatic heterocycles. The molecule has 12 nitrogen and oxygen atoms in total. The molecule has 0 radical (unpaired) electrons. The van der Waals surface area contributed by atoms with Gasteiger partial charge in [0.05, 0.1) is 30.1 Å². The van der Waals surface area contributed by atoms with Gasteiger partial charge < -0.3 is 24.4 Å². The number of aliphatic imine (C=N–C) groups is 2. The molecule has 0 bridgehead atoms. The Morgan fingerprint density at radius 3 is 1.98 bits per heavy atom. The first-order chi connectivity index (χ1) is 30.9. The molecule has 65 heavy (non-hydrogen) atoms. The zero-order chi connectivity index (χ0) is 48.7. The number of rotatable bonds is 13. The van der Waals surface area contributed by atoms with Crippen molar-refractivity contribution < 1.29 is 33.0 Å². The lowest BCUT2D eigenvalue weighted by Crippen LogP contribution is -2.36. The smallest absolute Gasteiger partial charge is 0.345 e. The summed E-state index contributed by atoms with van der Waals surface area (Å²) in [7, 11) is 8.14. The molecule has 16 heteroatoms. The first-order valence-electron chi connectivity index (χ1n) is 20.9. The minimum absolute atomic E-state index is 0.0985. The highest BCUT2D eigenvalue weighted by atomic mass is 32.1. The predicted molar refractivity (Wildman–Crippen MR) is 265 cm³/mol. The van der Waals surface area contributed by atoms with Crippen LogP contribution < -0.4 is 10.5 Å². The van der Waals surface area contributed by atoms with E-state index in [4.69, 9.17) is 14.6 Å². The number of hydrogen-bond acceptors (Lipinski definition) is 13. The summed E-state index contributed by atoms with van der Waals surface area (Å²) in [4.78, 5) is 52.0. The number of aldehydes is 1. The van der Waals surface area contributed by atoms with Crippen molar-refractivity contribution in [2.75, 3.05) is 59.3 Å². The van der Waals surface area contributed by atoms with Crippen molar-refractivity contribution in [2.24, 2.45) is 9.98 Å². The summed E-state index contributed by atoms with van der Waals surface area (Å²) in [5.41, 5.74) is 1.63. The maximum absolute atomic E-state index is 13.0. The lowest BCUT2D eigenvalue weighted by Gasteiger charge is -2.28. The van der Waals surface area contributed by atoms with Crippen LogP contribution in [0.3, 0.4) is 0 Å². The summed E-state index contributed by atoms with van der Waals surface area (Å²) in [6.45, 7) is 17.0. The minimum Gasteiger partial charge on any atom is -0.507 e. The van der Waals surface area contributed by atoms with Gasteiger partial charge in [0.1, 0.15) is 23.0 Å². The first-order valence-corrected chi connectivity index (χ1v) is 22.7. The van der Waals surface area contributed by atoms with Crippen LogP contribution in [-0.2, 0) is 11.2 Å². The van der Waals surface area contributed by atoms with Crippen LogP contribution in [0.15, 0.2) is 121 Å². The molecular weight excluding hydrogens is 871 g/mol. The molecule has 0 spiro atoms. The lowest BCUT2D eigenvalue weighted by molar-refractivity contribution is -0.136. The summed E-state index contributed by atoms with van der Waals surface area (Å²) in [5, 5.41) is 21.6. The van der Waals surface area contributed by atoms with Crippen LogP contribution in [-0.4, -0.2) is 110 Å². The number of aromatic hydroxyl groups is 1. The maximum atomic E-state index is 13.0. The number of aromatic nitrogens is 1. The SMILES string of the molecule is CCN(C(C)C)C(C)C.CCN=C=NCCCN(C)C.CN(C)c1ccncc1.O=C(O)Cc1cccs1.O=Cc1ccc(F)cc1O.O=c1oc2cc(F)ccc2cc1-c1cccs1. The second kappa shape index (κ2) is 32.7. The van der Waals surface area contributed by atoms with Gasteiger partial charge in [0.2, 0.25) is 0 Å². The molecule has 6 rings (SSSR count). The molecule has 0 unspecified atom stereocenters. The van der Waals surface area contributed by atoms with Gasteiger partial charge in [-0.3, -0.25) is 19.5 Å². The number of benzene rings is 2. The number of phenols is 1. The van der Waals surface area contributed by atoms with E-state index < -0.39 is 23.2 Å². The molecule has 0 atom stereocenters. The van der Waals surface area contributed by atoms with Gasteiger partial charge in [0, 0.05) is 78.1 Å². The molecule has 0 amide bonds. The predicted octanol–water partition coefficient (Wildman–Crippen LogP) is 10.8. The molecule has 4 aromatic heterocycles. The second-order valence-electron chi connectivity index (χ2n) is 14.8. The van der Waals surface area contributed by atoms with Gasteiger partial charge in [-0.2, -0.15) is 0 Å². The van der Waals surface area contributed by atoms with E-state index in [0.29, 0.717) is 23.9 Å². The third-order valence-electron chi connectivity index (χ3n) is 8.56. The summed E-state index contributed by atoms with van der Waals surface area (Å²) in [6, 6.07) is 24.5. The molecule has 2 aromatic carbocycles. The van der Waals surface area contributed by atoms with Gasteiger partial charge in [-0.15, -0.1) is 22.7 Å². The fourth-order valence-electron chi connectivity index (χ4n) is 5.47. The molecule has 0 aliphatic carbocycles. The number of aliphatic carboxylic acids is 1. The fraction of sp³-hybridized carbons (Fsp3) is 0.367. The Kier molecular flexibility index (Phi) is 28.7. The van der Waals surface area contributed by atoms with Crippen molar-refractivity contribution in [3.63, 3.8) is 0 Å². The van der Waals surface area contributed by atoms with E-state index in [2.05, 4.69) is 79.5 Å². The monoisotopic (exact) mass is 934 g/mol. The molecule has 0 saturated carbocycles. The van der Waals surface area contributed by atoms with E-state index >= 15 is 0 Å². The molecule has 6 aromatic rings. The Morgan fingerprint density at radius 1 is 0.877 bits per heavy atom. The quantitative estimate of drug-likeness (QED) is 0.0495. The Balaban J connectivity index is 0.000000399. The van der Waals surface area contributed by atoms with Gasteiger partial charge in [-0.25, -0.2) is 23.6 Å². The minimum atomic E-state index is -0.766. The highest BCUT2D eigenvalue weighted by Crippen LogP contribution is 2.25. The third-order valence-corrected chi connectivity index (χ3v) is 10.3. The number of carboxylic acids is 1. The average molecular weight is 935 g/mol.